The summed E-state index contributed by atoms with van der Waals surface area (Å²) in [4.78, 5) is 0. The maximum atomic E-state index is 10.5. The van der Waals surface area contributed by atoms with Gasteiger partial charge < -0.3 is 39.4 Å². The molecule has 4 rings (SSSR count). The molecule has 2 fully saturated rings. The summed E-state index contributed by atoms with van der Waals surface area (Å²) in [6, 6.07) is 7.94. The third kappa shape index (κ3) is 5.22. The Labute approximate surface area is 198 Å². The molecule has 2 aliphatic rings. The molecule has 2 aromatic rings. The number of rotatable bonds is 8. The monoisotopic (exact) mass is 478 g/mol. The Morgan fingerprint density at radius 3 is 2.41 bits per heavy atom. The average molecular weight is 479 g/mol. The van der Waals surface area contributed by atoms with Crippen LogP contribution >= 0.6 is 0 Å². The van der Waals surface area contributed by atoms with Crippen molar-refractivity contribution in [3.05, 3.63) is 41.1 Å². The number of hydrogen-bond donors (Lipinski definition) is 4. The molecule has 10 nitrogen and oxygen atoms in total. The zero-order chi connectivity index (χ0) is 24.2. The summed E-state index contributed by atoms with van der Waals surface area (Å²) in [5.74, 6) is 1.07. The fraction of sp³-hybridized carbons (Fsp3) is 0.625. The van der Waals surface area contributed by atoms with Crippen LogP contribution in [0.3, 0.4) is 0 Å². The van der Waals surface area contributed by atoms with Crippen molar-refractivity contribution in [1.29, 1.82) is 0 Å². The minimum absolute atomic E-state index is 0.153. The van der Waals surface area contributed by atoms with Crippen LogP contribution in [0.4, 0.5) is 0 Å². The summed E-state index contributed by atoms with van der Waals surface area (Å²) < 4.78 is 24.5. The first-order valence-electron chi connectivity index (χ1n) is 11.8. The number of ether oxygens (including phenoxy) is 4. The highest BCUT2D eigenvalue weighted by Crippen LogP contribution is 2.33. The van der Waals surface area contributed by atoms with Crippen molar-refractivity contribution < 1.29 is 39.4 Å². The van der Waals surface area contributed by atoms with E-state index in [2.05, 4.69) is 0 Å². The van der Waals surface area contributed by atoms with Gasteiger partial charge in [0.25, 0.3) is 0 Å². The van der Waals surface area contributed by atoms with Gasteiger partial charge in [-0.3, -0.25) is 4.68 Å². The second-order valence-corrected chi connectivity index (χ2v) is 8.73. The summed E-state index contributed by atoms with van der Waals surface area (Å²) in [5, 5.41) is 44.9. The molecule has 0 radical (unpaired) electrons. The van der Waals surface area contributed by atoms with Crippen LogP contribution in [0, 0.1) is 6.92 Å². The van der Waals surface area contributed by atoms with Crippen LogP contribution in [0.5, 0.6) is 11.6 Å². The molecule has 1 aromatic heterocycles. The van der Waals surface area contributed by atoms with Crippen LogP contribution in [0.15, 0.2) is 24.3 Å². The van der Waals surface area contributed by atoms with Gasteiger partial charge in [0, 0.05) is 30.9 Å². The number of benzene rings is 1. The van der Waals surface area contributed by atoms with E-state index >= 15 is 0 Å². The summed E-state index contributed by atoms with van der Waals surface area (Å²) >= 11 is 0. The van der Waals surface area contributed by atoms with E-state index in [-0.39, 0.29) is 11.9 Å². The molecule has 1 aromatic carbocycles. The molecule has 0 spiro atoms. The Kier molecular flexibility index (Phi) is 8.07. The maximum absolute atomic E-state index is 10.5. The van der Waals surface area contributed by atoms with Crippen LogP contribution in [-0.2, 0) is 15.9 Å². The van der Waals surface area contributed by atoms with Gasteiger partial charge in [-0.15, -0.1) is 5.10 Å². The summed E-state index contributed by atoms with van der Waals surface area (Å²) in [7, 11) is 0. The minimum atomic E-state index is -1.52. The molecule has 5 atom stereocenters. The number of aliphatic hydroxyl groups is 4. The molecule has 4 N–H and O–H groups in total. The maximum Gasteiger partial charge on any atom is 0.239 e. The van der Waals surface area contributed by atoms with Crippen molar-refractivity contribution in [2.24, 2.45) is 0 Å². The van der Waals surface area contributed by atoms with Crippen molar-refractivity contribution in [2.75, 3.05) is 26.4 Å². The molecule has 188 valence electrons. The van der Waals surface area contributed by atoms with Crippen molar-refractivity contribution in [3.63, 3.8) is 0 Å². The van der Waals surface area contributed by atoms with E-state index in [1.54, 1.807) is 0 Å². The highest BCUT2D eigenvalue weighted by atomic mass is 16.7. The molecule has 0 bridgehead atoms. The quantitative estimate of drug-likeness (QED) is 0.432. The number of nitrogens with zero attached hydrogens (tertiary/aromatic N) is 2. The van der Waals surface area contributed by atoms with E-state index in [0.29, 0.717) is 26.2 Å². The first-order valence-corrected chi connectivity index (χ1v) is 11.8. The average Bonchev–Trinajstić information content (AvgIpc) is 3.16. The van der Waals surface area contributed by atoms with Gasteiger partial charge >= 0.3 is 0 Å². The Hall–Kier alpha value is -2.21. The van der Waals surface area contributed by atoms with Crippen molar-refractivity contribution in [2.45, 2.75) is 69.9 Å². The molecule has 34 heavy (non-hydrogen) atoms. The van der Waals surface area contributed by atoms with Gasteiger partial charge in [-0.1, -0.05) is 12.1 Å². The Morgan fingerprint density at radius 1 is 1.06 bits per heavy atom. The lowest BCUT2D eigenvalue weighted by Crippen LogP contribution is -2.60. The van der Waals surface area contributed by atoms with Gasteiger partial charge in [-0.2, -0.15) is 0 Å². The van der Waals surface area contributed by atoms with Gasteiger partial charge in [-0.25, -0.2) is 0 Å². The molecule has 10 heteroatoms. The predicted octanol–water partition coefficient (Wildman–Crippen LogP) is 0.711. The third-order valence-corrected chi connectivity index (χ3v) is 6.47. The van der Waals surface area contributed by atoms with Crippen LogP contribution in [0.2, 0.25) is 0 Å². The first kappa shape index (κ1) is 24.9. The molecule has 2 saturated heterocycles. The van der Waals surface area contributed by atoms with Crippen molar-refractivity contribution in [3.8, 4) is 11.6 Å². The summed E-state index contributed by atoms with van der Waals surface area (Å²) in [6.07, 6.45) is -4.68. The lowest BCUT2D eigenvalue weighted by Gasteiger charge is -2.39. The topological polar surface area (TPSA) is 136 Å². The third-order valence-electron chi connectivity index (χ3n) is 6.47. The molecule has 0 amide bonds. The Bertz CT molecular complexity index is 926. The second kappa shape index (κ2) is 11.0. The van der Waals surface area contributed by atoms with Crippen LogP contribution < -0.4 is 9.47 Å². The molecule has 2 aliphatic heterocycles. The number of aliphatic hydroxyl groups excluding tert-OH is 4. The van der Waals surface area contributed by atoms with E-state index in [1.807, 2.05) is 42.8 Å². The van der Waals surface area contributed by atoms with Crippen LogP contribution in [-0.4, -0.2) is 87.3 Å². The van der Waals surface area contributed by atoms with Crippen LogP contribution in [0.1, 0.15) is 42.6 Å². The van der Waals surface area contributed by atoms with E-state index in [4.69, 9.17) is 24.0 Å². The smallest absolute Gasteiger partial charge is 0.239 e. The molecule has 0 saturated carbocycles. The lowest BCUT2D eigenvalue weighted by molar-refractivity contribution is -0.278. The van der Waals surface area contributed by atoms with E-state index in [9.17, 15) is 20.4 Å². The highest BCUT2D eigenvalue weighted by Gasteiger charge is 2.45. The van der Waals surface area contributed by atoms with Gasteiger partial charge in [0.15, 0.2) is 0 Å². The Morgan fingerprint density at radius 2 is 1.76 bits per heavy atom. The van der Waals surface area contributed by atoms with Gasteiger partial charge in [0.1, 0.15) is 30.2 Å². The largest absolute Gasteiger partial charge is 0.494 e. The molecule has 0 aliphatic carbocycles. The second-order valence-electron chi connectivity index (χ2n) is 8.73. The fourth-order valence-corrected chi connectivity index (χ4v) is 4.46. The van der Waals surface area contributed by atoms with Crippen LogP contribution in [0.25, 0.3) is 0 Å². The number of aromatic nitrogens is 2. The van der Waals surface area contributed by atoms with E-state index < -0.39 is 37.3 Å². The van der Waals surface area contributed by atoms with Gasteiger partial charge in [0.05, 0.1) is 19.3 Å². The highest BCUT2D eigenvalue weighted by molar-refractivity contribution is 5.38. The van der Waals surface area contributed by atoms with Crippen molar-refractivity contribution in [1.82, 2.24) is 9.78 Å². The fourth-order valence-electron chi connectivity index (χ4n) is 4.46. The minimum Gasteiger partial charge on any atom is -0.494 e. The predicted molar refractivity (Wildman–Crippen MR) is 121 cm³/mol. The molecule has 3 heterocycles. The lowest BCUT2D eigenvalue weighted by atomic mass is 9.99. The summed E-state index contributed by atoms with van der Waals surface area (Å²) in [6.45, 7) is 5.28. The normalized spacial score (nSPS) is 28.1. The summed E-state index contributed by atoms with van der Waals surface area (Å²) in [5.41, 5.74) is 2.78. The van der Waals surface area contributed by atoms with E-state index in [0.717, 1.165) is 35.4 Å². The van der Waals surface area contributed by atoms with Gasteiger partial charge in [0.2, 0.25) is 12.2 Å². The molecular formula is C24H34N2O8. The Balaban J connectivity index is 1.63. The van der Waals surface area contributed by atoms with Crippen molar-refractivity contribution >= 4 is 0 Å². The SMILES string of the molecule is CCOc1ccc(Cc2c(O[C@@H]3O[C@H](CO)[C@@H](O)[C@H](O)[C@H]3O)nn(C3CCOCC3)c2C)cc1. The van der Waals surface area contributed by atoms with E-state index in [1.165, 1.54) is 0 Å². The zero-order valence-corrected chi connectivity index (χ0v) is 19.5. The molecular weight excluding hydrogens is 444 g/mol. The number of hydrogen-bond acceptors (Lipinski definition) is 9. The van der Waals surface area contributed by atoms with Gasteiger partial charge in [-0.05, 0) is 44.4 Å². The zero-order valence-electron chi connectivity index (χ0n) is 19.5. The first-order chi connectivity index (χ1) is 16.4. The molecule has 0 unspecified atom stereocenters. The standard InChI is InChI=1S/C24H34N2O8/c1-3-32-17-6-4-15(5-7-17)12-18-14(2)26(16-8-10-31-11-9-16)25-23(18)34-24-22(30)21(29)20(28)19(13-27)33-24/h4-7,16,19-22,24,27-30H,3,8-13H2,1-2H3/t19-,20-,21+,22-,24+/m1/s1.